The molecule has 1 saturated heterocycles. The summed E-state index contributed by atoms with van der Waals surface area (Å²) >= 11 is 0. The minimum Gasteiger partial charge on any atom is -0.373 e. The van der Waals surface area contributed by atoms with E-state index in [-0.39, 0.29) is 23.0 Å². The first-order valence-electron chi connectivity index (χ1n) is 8.01. The topological polar surface area (TPSA) is 87.7 Å². The lowest BCUT2D eigenvalue weighted by Gasteiger charge is -2.35. The molecule has 8 heteroatoms. The summed E-state index contributed by atoms with van der Waals surface area (Å²) in [4.78, 5) is 13.8. The third kappa shape index (κ3) is 5.01. The number of hydrogen-bond acceptors (Lipinski definition) is 5. The molecule has 2 atom stereocenters. The van der Waals surface area contributed by atoms with Gasteiger partial charge in [0.1, 0.15) is 0 Å². The summed E-state index contributed by atoms with van der Waals surface area (Å²) in [6.45, 7) is 6.59. The van der Waals surface area contributed by atoms with Gasteiger partial charge in [-0.05, 0) is 38.1 Å². The van der Waals surface area contributed by atoms with Crippen LogP contribution < -0.4 is 10.0 Å². The average molecular weight is 355 g/mol. The Kier molecular flexibility index (Phi) is 6.34. The summed E-state index contributed by atoms with van der Waals surface area (Å²) in [6.07, 6.45) is 0.310. The van der Waals surface area contributed by atoms with Crippen LogP contribution in [0, 0.1) is 0 Å². The van der Waals surface area contributed by atoms with Gasteiger partial charge in [-0.15, -0.1) is 0 Å². The molecular formula is C16H25N3O4S. The Morgan fingerprint density at radius 3 is 2.33 bits per heavy atom. The van der Waals surface area contributed by atoms with Crippen molar-refractivity contribution in [3.05, 3.63) is 29.8 Å². The molecule has 1 fully saturated rings. The zero-order valence-corrected chi connectivity index (χ0v) is 15.1. The SMILES string of the molecule is CNC(=O)c1ccc(S(=O)(=O)NCCN2CC(C)OC(C)C2)cc1. The summed E-state index contributed by atoms with van der Waals surface area (Å²) in [5, 5.41) is 2.50. The van der Waals surface area contributed by atoms with Crippen molar-refractivity contribution in [2.75, 3.05) is 33.2 Å². The molecule has 7 nitrogen and oxygen atoms in total. The van der Waals surface area contributed by atoms with Crippen LogP contribution in [0.2, 0.25) is 0 Å². The molecule has 1 aromatic rings. The maximum absolute atomic E-state index is 12.3. The van der Waals surface area contributed by atoms with Crippen LogP contribution in [0.5, 0.6) is 0 Å². The minimum atomic E-state index is -3.58. The largest absolute Gasteiger partial charge is 0.373 e. The van der Waals surface area contributed by atoms with E-state index in [0.29, 0.717) is 18.7 Å². The highest BCUT2D eigenvalue weighted by atomic mass is 32.2. The maximum Gasteiger partial charge on any atom is 0.251 e. The molecule has 1 aliphatic rings. The zero-order chi connectivity index (χ0) is 17.7. The second kappa shape index (κ2) is 8.06. The maximum atomic E-state index is 12.3. The van der Waals surface area contributed by atoms with Crippen molar-refractivity contribution in [2.24, 2.45) is 0 Å². The molecule has 1 aromatic carbocycles. The molecule has 2 unspecified atom stereocenters. The lowest BCUT2D eigenvalue weighted by Crippen LogP contribution is -2.47. The van der Waals surface area contributed by atoms with Crippen molar-refractivity contribution in [3.63, 3.8) is 0 Å². The minimum absolute atomic E-state index is 0.152. The van der Waals surface area contributed by atoms with E-state index in [0.717, 1.165) is 13.1 Å². The first-order valence-corrected chi connectivity index (χ1v) is 9.50. The number of rotatable bonds is 6. The molecular weight excluding hydrogens is 330 g/mol. The highest BCUT2D eigenvalue weighted by Crippen LogP contribution is 2.12. The number of nitrogens with one attached hydrogen (secondary N) is 2. The number of carbonyl (C=O) groups is 1. The van der Waals surface area contributed by atoms with Crippen LogP contribution in [0.1, 0.15) is 24.2 Å². The molecule has 0 radical (unpaired) electrons. The molecule has 2 N–H and O–H groups in total. The molecule has 134 valence electrons. The highest BCUT2D eigenvalue weighted by molar-refractivity contribution is 7.89. The van der Waals surface area contributed by atoms with Crippen molar-refractivity contribution >= 4 is 15.9 Å². The van der Waals surface area contributed by atoms with Crippen LogP contribution in [0.25, 0.3) is 0 Å². The third-order valence-corrected chi connectivity index (χ3v) is 5.35. The Morgan fingerprint density at radius 2 is 1.79 bits per heavy atom. The van der Waals surface area contributed by atoms with E-state index < -0.39 is 10.0 Å². The summed E-state index contributed by atoms with van der Waals surface area (Å²) in [6, 6.07) is 5.87. The monoisotopic (exact) mass is 355 g/mol. The van der Waals surface area contributed by atoms with Crippen LogP contribution in [0.4, 0.5) is 0 Å². The third-order valence-electron chi connectivity index (χ3n) is 3.87. The number of carbonyl (C=O) groups excluding carboxylic acids is 1. The number of hydrogen-bond donors (Lipinski definition) is 2. The van der Waals surface area contributed by atoms with Gasteiger partial charge in [-0.1, -0.05) is 0 Å². The normalized spacial score (nSPS) is 22.3. The van der Waals surface area contributed by atoms with Gasteiger partial charge in [0.2, 0.25) is 10.0 Å². The quantitative estimate of drug-likeness (QED) is 0.773. The highest BCUT2D eigenvalue weighted by Gasteiger charge is 2.22. The van der Waals surface area contributed by atoms with E-state index in [1.54, 1.807) is 0 Å². The van der Waals surface area contributed by atoms with E-state index in [9.17, 15) is 13.2 Å². The van der Waals surface area contributed by atoms with Gasteiger partial charge in [0.05, 0.1) is 17.1 Å². The van der Waals surface area contributed by atoms with Crippen molar-refractivity contribution in [3.8, 4) is 0 Å². The number of sulfonamides is 1. The summed E-state index contributed by atoms with van der Waals surface area (Å²) in [7, 11) is -2.05. The molecule has 2 rings (SSSR count). The second-order valence-corrected chi connectivity index (χ2v) is 7.79. The number of benzene rings is 1. The van der Waals surface area contributed by atoms with Crippen molar-refractivity contribution in [1.82, 2.24) is 14.9 Å². The van der Waals surface area contributed by atoms with Crippen molar-refractivity contribution in [1.29, 1.82) is 0 Å². The Morgan fingerprint density at radius 1 is 1.21 bits per heavy atom. The van der Waals surface area contributed by atoms with Gasteiger partial charge in [-0.3, -0.25) is 9.69 Å². The van der Waals surface area contributed by atoms with Gasteiger partial charge in [0.15, 0.2) is 0 Å². The molecule has 1 heterocycles. The molecule has 0 bridgehead atoms. The standard InChI is InChI=1S/C16H25N3O4S/c1-12-10-19(11-13(2)23-12)9-8-18-24(21,22)15-6-4-14(5-7-15)16(20)17-3/h4-7,12-13,18H,8-11H2,1-3H3,(H,17,20). The van der Waals surface area contributed by atoms with Gasteiger partial charge in [0, 0.05) is 38.8 Å². The van der Waals surface area contributed by atoms with Gasteiger partial charge < -0.3 is 10.1 Å². The lowest BCUT2D eigenvalue weighted by atomic mass is 10.2. The molecule has 24 heavy (non-hydrogen) atoms. The summed E-state index contributed by atoms with van der Waals surface area (Å²) in [5.74, 6) is -0.248. The van der Waals surface area contributed by atoms with Crippen LogP contribution in [0.15, 0.2) is 29.2 Å². The summed E-state index contributed by atoms with van der Waals surface area (Å²) < 4.78 is 32.9. The first kappa shape index (κ1) is 18.9. The van der Waals surface area contributed by atoms with E-state index in [4.69, 9.17) is 4.74 Å². The summed E-state index contributed by atoms with van der Waals surface area (Å²) in [5.41, 5.74) is 0.424. The fourth-order valence-corrected chi connectivity index (χ4v) is 3.84. The second-order valence-electron chi connectivity index (χ2n) is 6.02. The Bertz CT molecular complexity index is 650. The Labute approximate surface area is 143 Å². The Hall–Kier alpha value is -1.48. The van der Waals surface area contributed by atoms with Crippen LogP contribution >= 0.6 is 0 Å². The van der Waals surface area contributed by atoms with Gasteiger partial charge in [0.25, 0.3) is 5.91 Å². The number of nitrogens with zero attached hydrogens (tertiary/aromatic N) is 1. The lowest BCUT2D eigenvalue weighted by molar-refractivity contribution is -0.0671. The molecule has 1 amide bonds. The zero-order valence-electron chi connectivity index (χ0n) is 14.3. The smallest absolute Gasteiger partial charge is 0.251 e. The average Bonchev–Trinajstić information content (AvgIpc) is 2.53. The molecule has 0 saturated carbocycles. The van der Waals surface area contributed by atoms with E-state index in [1.165, 1.54) is 31.3 Å². The van der Waals surface area contributed by atoms with Gasteiger partial charge in [-0.25, -0.2) is 13.1 Å². The fraction of sp³-hybridized carbons (Fsp3) is 0.562. The van der Waals surface area contributed by atoms with Crippen molar-refractivity contribution < 1.29 is 17.9 Å². The fourth-order valence-electron chi connectivity index (χ4n) is 2.82. The number of morpholine rings is 1. The first-order chi connectivity index (χ1) is 11.3. The number of ether oxygens (including phenoxy) is 1. The predicted octanol–water partition coefficient (Wildman–Crippen LogP) is 0.434. The van der Waals surface area contributed by atoms with Crippen molar-refractivity contribution in [2.45, 2.75) is 31.0 Å². The van der Waals surface area contributed by atoms with E-state index in [1.807, 2.05) is 13.8 Å². The van der Waals surface area contributed by atoms with Gasteiger partial charge in [-0.2, -0.15) is 0 Å². The molecule has 1 aliphatic heterocycles. The van der Waals surface area contributed by atoms with Gasteiger partial charge >= 0.3 is 0 Å². The Balaban J connectivity index is 1.90. The van der Waals surface area contributed by atoms with E-state index in [2.05, 4.69) is 14.9 Å². The molecule has 0 aromatic heterocycles. The molecule has 0 aliphatic carbocycles. The van der Waals surface area contributed by atoms with Crippen LogP contribution in [0.3, 0.4) is 0 Å². The molecule has 0 spiro atoms. The van der Waals surface area contributed by atoms with Crippen LogP contribution in [-0.4, -0.2) is 64.7 Å². The van der Waals surface area contributed by atoms with Crippen LogP contribution in [-0.2, 0) is 14.8 Å². The number of amides is 1. The van der Waals surface area contributed by atoms with E-state index >= 15 is 0 Å². The predicted molar refractivity (Wildman–Crippen MR) is 91.5 cm³/mol.